The minimum Gasteiger partial charge on any atom is -0.394 e. The molecule has 138 valence electrons. The Morgan fingerprint density at radius 2 is 2.16 bits per heavy atom. The van der Waals surface area contributed by atoms with Crippen LogP contribution in [-0.2, 0) is 17.6 Å². The van der Waals surface area contributed by atoms with Gasteiger partial charge >= 0.3 is 0 Å². The molecule has 1 aromatic carbocycles. The van der Waals surface area contributed by atoms with Crippen LogP contribution >= 0.6 is 0 Å². The number of hydrogen-bond acceptors (Lipinski definition) is 3. The molecule has 3 N–H and O–H groups in total. The third kappa shape index (κ3) is 4.72. The lowest BCUT2D eigenvalue weighted by atomic mass is 9.85. The van der Waals surface area contributed by atoms with Crippen LogP contribution in [0.2, 0.25) is 0 Å². The molecule has 0 amide bonds. The summed E-state index contributed by atoms with van der Waals surface area (Å²) in [5.74, 6) is 0.500. The molecule has 2 aliphatic rings. The van der Waals surface area contributed by atoms with Crippen molar-refractivity contribution in [1.82, 2.24) is 0 Å². The second-order valence-corrected chi connectivity index (χ2v) is 7.95. The number of aliphatic hydroxyl groups is 1. The van der Waals surface area contributed by atoms with Crippen LogP contribution in [0, 0.1) is 0 Å². The maximum Gasteiger partial charge on any atom is 0.0651 e. The number of fused-ring (bicyclic) bond motifs is 1. The Kier molecular flexibility index (Phi) is 6.32. The fraction of sp³-hybridized carbons (Fsp3) is 0.636. The van der Waals surface area contributed by atoms with E-state index in [4.69, 9.17) is 10.5 Å². The van der Waals surface area contributed by atoms with Crippen molar-refractivity contribution in [2.45, 2.75) is 75.9 Å². The smallest absolute Gasteiger partial charge is 0.0651 e. The SMILES string of the molecule is CCCC=CCOC1CCc2cc([C@H]3CC[C@](N)(CO)C3)ccc2C1. The number of hydrogen-bond donors (Lipinski definition) is 2. The molecule has 0 radical (unpaired) electrons. The molecule has 0 saturated heterocycles. The van der Waals surface area contributed by atoms with Crippen LogP contribution in [0.5, 0.6) is 0 Å². The number of rotatable bonds is 7. The van der Waals surface area contributed by atoms with Crippen LogP contribution in [0.25, 0.3) is 0 Å². The zero-order chi connectivity index (χ0) is 17.7. The van der Waals surface area contributed by atoms with Crippen molar-refractivity contribution in [1.29, 1.82) is 0 Å². The van der Waals surface area contributed by atoms with Crippen LogP contribution in [0.15, 0.2) is 30.4 Å². The van der Waals surface area contributed by atoms with Crippen molar-refractivity contribution in [3.05, 3.63) is 47.0 Å². The molecule has 1 unspecified atom stereocenters. The van der Waals surface area contributed by atoms with Crippen LogP contribution in [0.3, 0.4) is 0 Å². The number of aliphatic hydroxyl groups excluding tert-OH is 1. The topological polar surface area (TPSA) is 55.5 Å². The number of unbranched alkanes of at least 4 members (excludes halogenated alkanes) is 1. The van der Waals surface area contributed by atoms with E-state index in [2.05, 4.69) is 37.3 Å². The van der Waals surface area contributed by atoms with Gasteiger partial charge in [-0.25, -0.2) is 0 Å². The van der Waals surface area contributed by atoms with Gasteiger partial charge in [0.25, 0.3) is 0 Å². The highest BCUT2D eigenvalue weighted by atomic mass is 16.5. The first-order chi connectivity index (χ1) is 12.1. The third-order valence-electron chi connectivity index (χ3n) is 5.89. The van der Waals surface area contributed by atoms with Crippen molar-refractivity contribution in [3.63, 3.8) is 0 Å². The van der Waals surface area contributed by atoms with E-state index in [0.29, 0.717) is 12.0 Å². The number of ether oxygens (including phenoxy) is 1. The van der Waals surface area contributed by atoms with E-state index in [-0.39, 0.29) is 12.1 Å². The van der Waals surface area contributed by atoms with E-state index in [0.717, 1.165) is 51.6 Å². The van der Waals surface area contributed by atoms with E-state index >= 15 is 0 Å². The zero-order valence-corrected chi connectivity index (χ0v) is 15.5. The Balaban J connectivity index is 1.56. The molecule has 0 spiro atoms. The fourth-order valence-electron chi connectivity index (χ4n) is 4.27. The van der Waals surface area contributed by atoms with Crippen molar-refractivity contribution in [3.8, 4) is 0 Å². The van der Waals surface area contributed by atoms with Gasteiger partial charge in [-0.15, -0.1) is 0 Å². The average molecular weight is 344 g/mol. The largest absolute Gasteiger partial charge is 0.394 e. The standard InChI is InChI=1S/C22H33NO2/c1-2-3-4-5-12-25-21-9-8-17-13-18(6-7-19(17)14-21)20-10-11-22(23,15-20)16-24/h4-7,13,20-21,24H,2-3,8-12,14-16,23H2,1H3/t20-,21?,22+/m0/s1. The van der Waals surface area contributed by atoms with E-state index in [9.17, 15) is 5.11 Å². The molecule has 25 heavy (non-hydrogen) atoms. The maximum atomic E-state index is 9.49. The first-order valence-corrected chi connectivity index (χ1v) is 9.91. The van der Waals surface area contributed by atoms with Gasteiger partial charge in [0, 0.05) is 5.54 Å². The van der Waals surface area contributed by atoms with Crippen LogP contribution in [0.4, 0.5) is 0 Å². The first-order valence-electron chi connectivity index (χ1n) is 9.91. The molecular formula is C22H33NO2. The summed E-state index contributed by atoms with van der Waals surface area (Å²) in [4.78, 5) is 0. The molecule has 0 aliphatic heterocycles. The van der Waals surface area contributed by atoms with Gasteiger partial charge in [0.15, 0.2) is 0 Å². The second-order valence-electron chi connectivity index (χ2n) is 7.95. The summed E-state index contributed by atoms with van der Waals surface area (Å²) in [6.45, 7) is 3.03. The summed E-state index contributed by atoms with van der Waals surface area (Å²) in [6.07, 6.45) is 13.2. The molecule has 0 heterocycles. The van der Waals surface area contributed by atoms with Crippen LogP contribution in [0.1, 0.15) is 68.1 Å². The van der Waals surface area contributed by atoms with E-state index in [1.807, 2.05) is 0 Å². The summed E-state index contributed by atoms with van der Waals surface area (Å²) in [7, 11) is 0. The molecule has 1 aromatic rings. The summed E-state index contributed by atoms with van der Waals surface area (Å²) < 4.78 is 6.03. The van der Waals surface area contributed by atoms with Gasteiger partial charge in [-0.05, 0) is 67.6 Å². The minimum absolute atomic E-state index is 0.0974. The molecule has 3 rings (SSSR count). The summed E-state index contributed by atoms with van der Waals surface area (Å²) >= 11 is 0. The lowest BCUT2D eigenvalue weighted by molar-refractivity contribution is 0.0641. The van der Waals surface area contributed by atoms with Gasteiger partial charge in [0.1, 0.15) is 0 Å². The Hall–Kier alpha value is -1.16. The molecule has 3 nitrogen and oxygen atoms in total. The number of aryl methyl sites for hydroxylation is 1. The quantitative estimate of drug-likeness (QED) is 0.739. The van der Waals surface area contributed by atoms with E-state index < -0.39 is 0 Å². The molecular weight excluding hydrogens is 310 g/mol. The average Bonchev–Trinajstić information content (AvgIpc) is 3.04. The first kappa shape index (κ1) is 18.6. The Morgan fingerprint density at radius 3 is 2.92 bits per heavy atom. The Labute approximate surface area is 152 Å². The summed E-state index contributed by atoms with van der Waals surface area (Å²) in [6, 6.07) is 6.96. The van der Waals surface area contributed by atoms with Crippen molar-refractivity contribution in [2.24, 2.45) is 5.73 Å². The molecule has 3 heteroatoms. The summed E-state index contributed by atoms with van der Waals surface area (Å²) in [5, 5.41) is 9.49. The van der Waals surface area contributed by atoms with Crippen molar-refractivity contribution >= 4 is 0 Å². The molecule has 2 aliphatic carbocycles. The molecule has 0 aromatic heterocycles. The van der Waals surface area contributed by atoms with E-state index in [1.54, 1.807) is 0 Å². The maximum absolute atomic E-state index is 9.49. The highest BCUT2D eigenvalue weighted by molar-refractivity contribution is 5.36. The molecule has 1 fully saturated rings. The zero-order valence-electron chi connectivity index (χ0n) is 15.5. The van der Waals surface area contributed by atoms with Gasteiger partial charge in [-0.3, -0.25) is 0 Å². The molecule has 3 atom stereocenters. The van der Waals surface area contributed by atoms with Gasteiger partial charge in [-0.1, -0.05) is 43.7 Å². The van der Waals surface area contributed by atoms with E-state index in [1.165, 1.54) is 23.1 Å². The number of allylic oxidation sites excluding steroid dienone is 1. The third-order valence-corrected chi connectivity index (χ3v) is 5.89. The predicted octanol–water partition coefficient (Wildman–Crippen LogP) is 3.87. The lowest BCUT2D eigenvalue weighted by Crippen LogP contribution is -2.40. The normalized spacial score (nSPS) is 29.2. The van der Waals surface area contributed by atoms with Crippen LogP contribution < -0.4 is 5.73 Å². The van der Waals surface area contributed by atoms with Gasteiger partial charge in [0.05, 0.1) is 19.3 Å². The molecule has 0 bridgehead atoms. The predicted molar refractivity (Wildman–Crippen MR) is 103 cm³/mol. The van der Waals surface area contributed by atoms with Gasteiger partial charge in [0.2, 0.25) is 0 Å². The van der Waals surface area contributed by atoms with Crippen LogP contribution in [-0.4, -0.2) is 30.0 Å². The van der Waals surface area contributed by atoms with Crippen molar-refractivity contribution < 1.29 is 9.84 Å². The highest BCUT2D eigenvalue weighted by Crippen LogP contribution is 2.40. The lowest BCUT2D eigenvalue weighted by Gasteiger charge is -2.26. The summed E-state index contributed by atoms with van der Waals surface area (Å²) in [5.41, 5.74) is 10.2. The number of nitrogens with two attached hydrogens (primary N) is 1. The Bertz CT molecular complexity index is 598. The van der Waals surface area contributed by atoms with Gasteiger partial charge in [-0.2, -0.15) is 0 Å². The molecule has 1 saturated carbocycles. The van der Waals surface area contributed by atoms with Gasteiger partial charge < -0.3 is 15.6 Å². The Morgan fingerprint density at radius 1 is 1.28 bits per heavy atom. The number of benzene rings is 1. The minimum atomic E-state index is -0.370. The van der Waals surface area contributed by atoms with Crippen molar-refractivity contribution in [2.75, 3.05) is 13.2 Å². The monoisotopic (exact) mass is 343 g/mol. The second kappa shape index (κ2) is 8.48. The highest BCUT2D eigenvalue weighted by Gasteiger charge is 2.36. The fourth-order valence-corrected chi connectivity index (χ4v) is 4.27.